The third kappa shape index (κ3) is 0.579. The highest BCUT2D eigenvalue weighted by Gasteiger charge is 1.87. The van der Waals surface area contributed by atoms with E-state index in [-0.39, 0.29) is 0 Å². The van der Waals surface area contributed by atoms with Gasteiger partial charge < -0.3 is 0 Å². The molecule has 3 heteroatoms. The van der Waals surface area contributed by atoms with Gasteiger partial charge in [-0.3, -0.25) is 0 Å². The summed E-state index contributed by atoms with van der Waals surface area (Å²) in [7, 11) is 0. The molecule has 0 N–H and O–H groups in total. The first-order valence-corrected chi connectivity index (χ1v) is 2.63. The van der Waals surface area contributed by atoms with Crippen molar-refractivity contribution in [2.75, 3.05) is 0 Å². The molecule has 0 amide bonds. The van der Waals surface area contributed by atoms with Crippen molar-refractivity contribution in [1.29, 1.82) is 0 Å². The quantitative estimate of drug-likeness (QED) is 0.505. The summed E-state index contributed by atoms with van der Waals surface area (Å²) >= 11 is 0. The second-order valence-electron chi connectivity index (χ2n) is 1.71. The Labute approximate surface area is 52.0 Å². The molecule has 2 rings (SSSR count). The Balaban J connectivity index is 2.95. The zero-order valence-electron chi connectivity index (χ0n) is 4.65. The fourth-order valence-corrected chi connectivity index (χ4v) is 0.738. The molecule has 0 saturated carbocycles. The molecular formula is C6H4N3. The van der Waals surface area contributed by atoms with Crippen LogP contribution in [0.1, 0.15) is 0 Å². The predicted octanol–water partition coefficient (Wildman–Crippen LogP) is 0.529. The first-order chi connectivity index (χ1) is 4.47. The lowest BCUT2D eigenvalue weighted by molar-refractivity contribution is 0.900. The van der Waals surface area contributed by atoms with Gasteiger partial charge in [0, 0.05) is 6.20 Å². The second-order valence-corrected chi connectivity index (χ2v) is 1.71. The van der Waals surface area contributed by atoms with Gasteiger partial charge in [0.2, 0.25) is 0 Å². The fraction of sp³-hybridized carbons (Fsp3) is 0. The zero-order valence-corrected chi connectivity index (χ0v) is 4.65. The molecule has 3 nitrogen and oxygen atoms in total. The molecule has 43 valence electrons. The van der Waals surface area contributed by atoms with E-state index in [1.54, 1.807) is 4.52 Å². The van der Waals surface area contributed by atoms with Crippen LogP contribution in [0.5, 0.6) is 0 Å². The van der Waals surface area contributed by atoms with E-state index in [0.29, 0.717) is 0 Å². The number of hydrogen-bond acceptors (Lipinski definition) is 2. The topological polar surface area (TPSA) is 30.2 Å². The van der Waals surface area contributed by atoms with E-state index >= 15 is 0 Å². The lowest BCUT2D eigenvalue weighted by Crippen LogP contribution is -1.87. The standard InChI is InChI=1S/C6H4N3/c1-2-6-4-7-5-8-9(6)3-1/h1-3,5H. The molecule has 0 fully saturated rings. The number of aromatic nitrogens is 3. The van der Waals surface area contributed by atoms with Crippen molar-refractivity contribution in [3.05, 3.63) is 30.9 Å². The lowest BCUT2D eigenvalue weighted by atomic mass is 10.5. The van der Waals surface area contributed by atoms with Crippen LogP contribution in [0, 0.1) is 6.20 Å². The molecule has 9 heavy (non-hydrogen) atoms. The predicted molar refractivity (Wildman–Crippen MR) is 31.8 cm³/mol. The first-order valence-electron chi connectivity index (χ1n) is 2.63. The van der Waals surface area contributed by atoms with Crippen molar-refractivity contribution in [2.24, 2.45) is 0 Å². The minimum atomic E-state index is 0.900. The summed E-state index contributed by atoms with van der Waals surface area (Å²) in [6.07, 6.45) is 6.10. The maximum Gasteiger partial charge on any atom is 0.137 e. The molecule has 2 heterocycles. The average Bonchev–Trinajstić information content (AvgIpc) is 2.33. The third-order valence-corrected chi connectivity index (χ3v) is 1.14. The number of hydrogen-bond donors (Lipinski definition) is 0. The van der Waals surface area contributed by atoms with E-state index in [0.717, 1.165) is 5.52 Å². The Morgan fingerprint density at radius 3 is 3.44 bits per heavy atom. The summed E-state index contributed by atoms with van der Waals surface area (Å²) in [5, 5.41) is 3.92. The van der Waals surface area contributed by atoms with Gasteiger partial charge in [-0.25, -0.2) is 9.50 Å². The fourth-order valence-electron chi connectivity index (χ4n) is 0.738. The molecule has 0 saturated heterocycles. The summed E-state index contributed by atoms with van der Waals surface area (Å²) in [6, 6.07) is 3.81. The van der Waals surface area contributed by atoms with Crippen LogP contribution in [0.4, 0.5) is 0 Å². The van der Waals surface area contributed by atoms with Gasteiger partial charge in [0.1, 0.15) is 12.5 Å². The van der Waals surface area contributed by atoms with Gasteiger partial charge in [0.15, 0.2) is 0 Å². The SMILES string of the molecule is [c]1ncnn2cccc12. The Morgan fingerprint density at radius 1 is 1.56 bits per heavy atom. The Bertz CT molecular complexity index is 282. The molecule has 0 aliphatic heterocycles. The van der Waals surface area contributed by atoms with Crippen LogP contribution in [0.2, 0.25) is 0 Å². The minimum Gasteiger partial charge on any atom is -0.237 e. The summed E-state index contributed by atoms with van der Waals surface area (Å²) in [6.45, 7) is 0. The van der Waals surface area contributed by atoms with Crippen LogP contribution in [-0.2, 0) is 0 Å². The Morgan fingerprint density at radius 2 is 2.56 bits per heavy atom. The van der Waals surface area contributed by atoms with Crippen molar-refractivity contribution in [3.63, 3.8) is 0 Å². The molecule has 0 aromatic carbocycles. The summed E-state index contributed by atoms with van der Waals surface area (Å²) in [5.74, 6) is 0. The number of fused-ring (bicyclic) bond motifs is 1. The third-order valence-electron chi connectivity index (χ3n) is 1.14. The molecule has 1 radical (unpaired) electrons. The van der Waals surface area contributed by atoms with E-state index < -0.39 is 0 Å². The first kappa shape index (κ1) is 4.49. The highest BCUT2D eigenvalue weighted by atomic mass is 15.2. The smallest absolute Gasteiger partial charge is 0.137 e. The second kappa shape index (κ2) is 1.55. The van der Waals surface area contributed by atoms with Crippen LogP contribution in [0.15, 0.2) is 24.7 Å². The minimum absolute atomic E-state index is 0.900. The highest BCUT2D eigenvalue weighted by molar-refractivity contribution is 5.41. The molecular weight excluding hydrogens is 114 g/mol. The Hall–Kier alpha value is -1.38. The summed E-state index contributed by atoms with van der Waals surface area (Å²) in [4.78, 5) is 3.73. The van der Waals surface area contributed by atoms with Crippen LogP contribution >= 0.6 is 0 Å². The van der Waals surface area contributed by atoms with Gasteiger partial charge in [-0.2, -0.15) is 5.10 Å². The van der Waals surface area contributed by atoms with E-state index in [9.17, 15) is 0 Å². The highest BCUT2D eigenvalue weighted by Crippen LogP contribution is 1.95. The van der Waals surface area contributed by atoms with Crippen LogP contribution in [0.3, 0.4) is 0 Å². The Kier molecular flexibility index (Phi) is 0.773. The largest absolute Gasteiger partial charge is 0.237 e. The van der Waals surface area contributed by atoms with E-state index in [4.69, 9.17) is 0 Å². The maximum atomic E-state index is 3.92. The van der Waals surface area contributed by atoms with Crippen molar-refractivity contribution in [1.82, 2.24) is 14.6 Å². The molecule has 0 bridgehead atoms. The molecule has 2 aromatic rings. The van der Waals surface area contributed by atoms with Crippen molar-refractivity contribution in [3.8, 4) is 0 Å². The van der Waals surface area contributed by atoms with Crippen LogP contribution in [0.25, 0.3) is 5.52 Å². The van der Waals surface area contributed by atoms with Gasteiger partial charge in [-0.1, -0.05) is 0 Å². The summed E-state index contributed by atoms with van der Waals surface area (Å²) in [5.41, 5.74) is 0.900. The van der Waals surface area contributed by atoms with Crippen LogP contribution in [-0.4, -0.2) is 14.6 Å². The molecule has 0 aliphatic rings. The normalized spacial score (nSPS) is 10.2. The molecule has 0 aliphatic carbocycles. The molecule has 0 atom stereocenters. The molecule has 0 unspecified atom stereocenters. The van der Waals surface area contributed by atoms with Gasteiger partial charge in [0.25, 0.3) is 0 Å². The monoisotopic (exact) mass is 118 g/mol. The van der Waals surface area contributed by atoms with Crippen molar-refractivity contribution in [2.45, 2.75) is 0 Å². The van der Waals surface area contributed by atoms with Gasteiger partial charge >= 0.3 is 0 Å². The molecule has 2 aromatic heterocycles. The van der Waals surface area contributed by atoms with Crippen LogP contribution < -0.4 is 0 Å². The number of nitrogens with zero attached hydrogens (tertiary/aromatic N) is 3. The van der Waals surface area contributed by atoms with Gasteiger partial charge in [-0.15, -0.1) is 0 Å². The summed E-state index contributed by atoms with van der Waals surface area (Å²) < 4.78 is 1.72. The average molecular weight is 118 g/mol. The van der Waals surface area contributed by atoms with E-state index in [1.807, 2.05) is 18.3 Å². The van der Waals surface area contributed by atoms with E-state index in [1.165, 1.54) is 6.33 Å². The lowest BCUT2D eigenvalue weighted by Gasteiger charge is -1.85. The molecule has 0 spiro atoms. The van der Waals surface area contributed by atoms with Gasteiger partial charge in [0.05, 0.1) is 5.52 Å². The maximum absolute atomic E-state index is 3.92. The van der Waals surface area contributed by atoms with Gasteiger partial charge in [-0.05, 0) is 12.1 Å². The van der Waals surface area contributed by atoms with Crippen molar-refractivity contribution >= 4 is 5.52 Å². The van der Waals surface area contributed by atoms with E-state index in [2.05, 4.69) is 16.3 Å². The van der Waals surface area contributed by atoms with Crippen molar-refractivity contribution < 1.29 is 0 Å². The number of rotatable bonds is 0. The zero-order chi connectivity index (χ0) is 6.10.